The fraction of sp³-hybridized carbons (Fsp3) is 0.545. The molecule has 2 aromatic rings. The number of ketones is 1. The van der Waals surface area contributed by atoms with Crippen molar-refractivity contribution in [2.24, 2.45) is 0 Å². The SMILES string of the molecule is C[C@H](C(=O)Cc1ncc(C2CC2)s1)c1cccc(B2OC(C)(C)C(C)(C)O2)c1. The summed E-state index contributed by atoms with van der Waals surface area (Å²) < 4.78 is 12.3. The van der Waals surface area contributed by atoms with Gasteiger partial charge in [0, 0.05) is 17.0 Å². The molecule has 1 saturated carbocycles. The van der Waals surface area contributed by atoms with Crippen LogP contribution in [0.4, 0.5) is 0 Å². The van der Waals surface area contributed by atoms with Crippen molar-refractivity contribution in [1.82, 2.24) is 4.98 Å². The number of thiazole rings is 1. The van der Waals surface area contributed by atoms with Gasteiger partial charge >= 0.3 is 7.12 Å². The second-order valence-corrected chi connectivity index (χ2v) is 10.2. The summed E-state index contributed by atoms with van der Waals surface area (Å²) in [5.74, 6) is 0.703. The van der Waals surface area contributed by atoms with Gasteiger partial charge in [-0.25, -0.2) is 4.98 Å². The molecule has 1 aromatic carbocycles. The summed E-state index contributed by atoms with van der Waals surface area (Å²) in [7, 11) is -0.410. The Hall–Kier alpha value is -1.50. The Kier molecular flexibility index (Phi) is 5.01. The average molecular weight is 397 g/mol. The molecule has 1 aliphatic heterocycles. The number of nitrogens with zero attached hydrogens (tertiary/aromatic N) is 1. The van der Waals surface area contributed by atoms with Gasteiger partial charge in [-0.2, -0.15) is 0 Å². The van der Waals surface area contributed by atoms with E-state index in [1.54, 1.807) is 11.3 Å². The lowest BCUT2D eigenvalue weighted by Gasteiger charge is -2.32. The van der Waals surface area contributed by atoms with Crippen LogP contribution in [0.3, 0.4) is 0 Å². The standard InChI is InChI=1S/C22H28BNO3S/c1-14(18(25)12-20-24-13-19(28-20)15-9-10-15)16-7-6-8-17(11-16)23-26-21(2,3)22(4,5)27-23/h6-8,11,13-15H,9-10,12H2,1-5H3/t14-/m0/s1. The van der Waals surface area contributed by atoms with Crippen molar-refractivity contribution in [2.45, 2.75) is 76.9 Å². The zero-order valence-corrected chi connectivity index (χ0v) is 18.1. The summed E-state index contributed by atoms with van der Waals surface area (Å²) in [6.07, 6.45) is 4.88. The van der Waals surface area contributed by atoms with E-state index < -0.39 is 7.12 Å². The van der Waals surface area contributed by atoms with Gasteiger partial charge in [-0.15, -0.1) is 11.3 Å². The maximum absolute atomic E-state index is 12.9. The van der Waals surface area contributed by atoms with Gasteiger partial charge in [0.1, 0.15) is 10.8 Å². The molecule has 28 heavy (non-hydrogen) atoms. The van der Waals surface area contributed by atoms with Crippen LogP contribution in [0.15, 0.2) is 30.5 Å². The smallest absolute Gasteiger partial charge is 0.399 e. The maximum atomic E-state index is 12.9. The number of Topliss-reactive ketones (excluding diaryl/α,β-unsaturated/α-hetero) is 1. The molecule has 0 spiro atoms. The Morgan fingerprint density at radius 3 is 2.57 bits per heavy atom. The monoisotopic (exact) mass is 397 g/mol. The largest absolute Gasteiger partial charge is 0.494 e. The van der Waals surface area contributed by atoms with E-state index in [2.05, 4.69) is 4.98 Å². The summed E-state index contributed by atoms with van der Waals surface area (Å²) in [6.45, 7) is 10.2. The van der Waals surface area contributed by atoms with Crippen molar-refractivity contribution in [3.8, 4) is 0 Å². The van der Waals surface area contributed by atoms with Crippen LogP contribution in [0.2, 0.25) is 0 Å². The van der Waals surface area contributed by atoms with E-state index in [0.717, 1.165) is 16.0 Å². The molecule has 0 N–H and O–H groups in total. The third-order valence-electron chi connectivity index (χ3n) is 6.30. The van der Waals surface area contributed by atoms with E-state index >= 15 is 0 Å². The second kappa shape index (κ2) is 7.08. The number of benzene rings is 1. The first-order chi connectivity index (χ1) is 13.2. The molecule has 0 bridgehead atoms. The number of carbonyl (C=O) groups excluding carboxylic acids is 1. The molecule has 4 rings (SSSR count). The summed E-state index contributed by atoms with van der Waals surface area (Å²) in [5.41, 5.74) is 1.20. The number of carbonyl (C=O) groups is 1. The number of rotatable bonds is 6. The summed E-state index contributed by atoms with van der Waals surface area (Å²) in [4.78, 5) is 18.6. The maximum Gasteiger partial charge on any atom is 0.494 e. The molecule has 4 nitrogen and oxygen atoms in total. The fourth-order valence-electron chi connectivity index (χ4n) is 3.40. The summed E-state index contributed by atoms with van der Waals surface area (Å²) >= 11 is 1.70. The highest BCUT2D eigenvalue weighted by molar-refractivity contribution is 7.11. The Morgan fingerprint density at radius 2 is 1.93 bits per heavy atom. The first-order valence-corrected chi connectivity index (χ1v) is 10.9. The molecular formula is C22H28BNO3S. The Balaban J connectivity index is 1.46. The average Bonchev–Trinajstić information content (AvgIpc) is 3.34. The molecule has 0 unspecified atom stereocenters. The van der Waals surface area contributed by atoms with E-state index in [-0.39, 0.29) is 22.9 Å². The van der Waals surface area contributed by atoms with Crippen molar-refractivity contribution in [3.63, 3.8) is 0 Å². The highest BCUT2D eigenvalue weighted by Gasteiger charge is 2.51. The quantitative estimate of drug-likeness (QED) is 0.685. The van der Waals surface area contributed by atoms with Crippen LogP contribution in [0.5, 0.6) is 0 Å². The van der Waals surface area contributed by atoms with Gasteiger partial charge in [-0.05, 0) is 57.5 Å². The van der Waals surface area contributed by atoms with Gasteiger partial charge in [-0.3, -0.25) is 4.79 Å². The minimum Gasteiger partial charge on any atom is -0.399 e. The molecule has 1 aromatic heterocycles. The molecule has 1 atom stereocenters. The minimum absolute atomic E-state index is 0.185. The highest BCUT2D eigenvalue weighted by atomic mass is 32.1. The molecular weight excluding hydrogens is 369 g/mol. The lowest BCUT2D eigenvalue weighted by atomic mass is 9.77. The zero-order valence-electron chi connectivity index (χ0n) is 17.3. The van der Waals surface area contributed by atoms with Crippen molar-refractivity contribution < 1.29 is 14.1 Å². The minimum atomic E-state index is -0.410. The first-order valence-electron chi connectivity index (χ1n) is 10.1. The van der Waals surface area contributed by atoms with Gasteiger partial charge < -0.3 is 9.31 Å². The number of aromatic nitrogens is 1. The Labute approximate surface area is 171 Å². The molecule has 148 valence electrons. The van der Waals surface area contributed by atoms with Crippen LogP contribution in [0.1, 0.15) is 74.7 Å². The molecule has 2 aliphatic rings. The van der Waals surface area contributed by atoms with Crippen LogP contribution in [-0.2, 0) is 20.5 Å². The van der Waals surface area contributed by atoms with E-state index in [9.17, 15) is 4.79 Å². The predicted octanol–water partition coefficient (Wildman–Crippen LogP) is 4.24. The Bertz CT molecular complexity index is 871. The first kappa shape index (κ1) is 19.8. The number of hydrogen-bond acceptors (Lipinski definition) is 5. The molecule has 1 aliphatic carbocycles. The van der Waals surface area contributed by atoms with Crippen molar-refractivity contribution in [1.29, 1.82) is 0 Å². The second-order valence-electron chi connectivity index (χ2n) is 9.05. The lowest BCUT2D eigenvalue weighted by Crippen LogP contribution is -2.41. The van der Waals surface area contributed by atoms with Crippen LogP contribution >= 0.6 is 11.3 Å². The third-order valence-corrected chi connectivity index (χ3v) is 7.46. The van der Waals surface area contributed by atoms with Crippen molar-refractivity contribution in [2.75, 3.05) is 0 Å². The predicted molar refractivity (Wildman–Crippen MR) is 113 cm³/mol. The van der Waals surface area contributed by atoms with Gasteiger partial charge in [0.15, 0.2) is 0 Å². The summed E-state index contributed by atoms with van der Waals surface area (Å²) in [5, 5.41) is 0.931. The van der Waals surface area contributed by atoms with Crippen LogP contribution in [0.25, 0.3) is 0 Å². The third kappa shape index (κ3) is 3.82. The van der Waals surface area contributed by atoms with Gasteiger partial charge in [-0.1, -0.05) is 31.2 Å². The van der Waals surface area contributed by atoms with Crippen LogP contribution in [0, 0.1) is 0 Å². The van der Waals surface area contributed by atoms with Gasteiger partial charge in [0.25, 0.3) is 0 Å². The zero-order chi connectivity index (χ0) is 20.1. The van der Waals surface area contributed by atoms with E-state index in [0.29, 0.717) is 12.3 Å². The van der Waals surface area contributed by atoms with E-state index in [1.807, 2.05) is 65.1 Å². The van der Waals surface area contributed by atoms with Gasteiger partial charge in [0.05, 0.1) is 17.6 Å². The fourth-order valence-corrected chi connectivity index (χ4v) is 4.50. The lowest BCUT2D eigenvalue weighted by molar-refractivity contribution is -0.119. The molecule has 6 heteroatoms. The number of hydrogen-bond donors (Lipinski definition) is 0. The van der Waals surface area contributed by atoms with Crippen molar-refractivity contribution in [3.05, 3.63) is 45.9 Å². The van der Waals surface area contributed by atoms with Crippen LogP contribution < -0.4 is 5.46 Å². The molecule has 2 fully saturated rings. The molecule has 0 amide bonds. The van der Waals surface area contributed by atoms with E-state index in [4.69, 9.17) is 9.31 Å². The molecule has 0 radical (unpaired) electrons. The topological polar surface area (TPSA) is 48.4 Å². The molecule has 2 heterocycles. The van der Waals surface area contributed by atoms with E-state index in [1.165, 1.54) is 17.7 Å². The Morgan fingerprint density at radius 1 is 1.25 bits per heavy atom. The normalized spacial score (nSPS) is 21.7. The van der Waals surface area contributed by atoms with Gasteiger partial charge in [0.2, 0.25) is 0 Å². The molecule has 1 saturated heterocycles. The summed E-state index contributed by atoms with van der Waals surface area (Å²) in [6, 6.07) is 8.04. The van der Waals surface area contributed by atoms with Crippen LogP contribution in [-0.4, -0.2) is 29.1 Å². The highest BCUT2D eigenvalue weighted by Crippen LogP contribution is 2.42. The van der Waals surface area contributed by atoms with Crippen molar-refractivity contribution >= 4 is 29.7 Å².